The highest BCUT2D eigenvalue weighted by Crippen LogP contribution is 2.35. The zero-order chi connectivity index (χ0) is 11.8. The van der Waals surface area contributed by atoms with Crippen LogP contribution >= 0.6 is 22.9 Å². The van der Waals surface area contributed by atoms with Crippen LogP contribution in [0.2, 0.25) is 5.02 Å². The van der Waals surface area contributed by atoms with Gasteiger partial charge in [0, 0.05) is 6.04 Å². The number of fused-ring (bicyclic) bond motifs is 1. The molecule has 0 spiro atoms. The number of hydrogen-bond acceptors (Lipinski definition) is 3. The summed E-state index contributed by atoms with van der Waals surface area (Å²) >= 11 is 7.79. The quantitative estimate of drug-likeness (QED) is 0.878. The number of thiazole rings is 1. The fraction of sp³-hybridized carbons (Fsp3) is 0.462. The van der Waals surface area contributed by atoms with Gasteiger partial charge in [-0.15, -0.1) is 0 Å². The molecule has 2 aromatic rings. The molecule has 1 fully saturated rings. The lowest BCUT2D eigenvalue weighted by Crippen LogP contribution is -2.15. The molecule has 1 aliphatic rings. The summed E-state index contributed by atoms with van der Waals surface area (Å²) in [4.78, 5) is 4.56. The minimum Gasteiger partial charge on any atom is -0.359 e. The van der Waals surface area contributed by atoms with Gasteiger partial charge in [-0.05, 0) is 31.4 Å². The van der Waals surface area contributed by atoms with Gasteiger partial charge in [0.25, 0.3) is 0 Å². The maximum Gasteiger partial charge on any atom is 0.184 e. The Morgan fingerprint density at radius 3 is 3.06 bits per heavy atom. The maximum atomic E-state index is 6.14. The van der Waals surface area contributed by atoms with Crippen LogP contribution in [0.1, 0.15) is 26.2 Å². The Morgan fingerprint density at radius 1 is 1.53 bits per heavy atom. The summed E-state index contributed by atoms with van der Waals surface area (Å²) in [5, 5.41) is 5.26. The number of halogens is 1. The maximum absolute atomic E-state index is 6.14. The first kappa shape index (κ1) is 11.3. The van der Waals surface area contributed by atoms with Gasteiger partial charge < -0.3 is 5.32 Å². The fourth-order valence-electron chi connectivity index (χ4n) is 2.10. The third-order valence-electron chi connectivity index (χ3n) is 3.12. The summed E-state index contributed by atoms with van der Waals surface area (Å²) in [6.07, 6.45) is 4.05. The van der Waals surface area contributed by atoms with E-state index in [1.165, 1.54) is 19.3 Å². The first-order chi connectivity index (χ1) is 8.22. The predicted molar refractivity (Wildman–Crippen MR) is 75.1 cm³/mol. The van der Waals surface area contributed by atoms with Crippen molar-refractivity contribution >= 4 is 38.3 Å². The zero-order valence-corrected chi connectivity index (χ0v) is 11.3. The Morgan fingerprint density at radius 2 is 2.35 bits per heavy atom. The Bertz CT molecular complexity index is 533. The van der Waals surface area contributed by atoms with E-state index >= 15 is 0 Å². The van der Waals surface area contributed by atoms with E-state index in [0.717, 1.165) is 26.3 Å². The second-order valence-electron chi connectivity index (χ2n) is 4.83. The second-order valence-corrected chi connectivity index (χ2v) is 6.24. The van der Waals surface area contributed by atoms with Crippen LogP contribution in [0.15, 0.2) is 18.2 Å². The molecule has 17 heavy (non-hydrogen) atoms. The van der Waals surface area contributed by atoms with Gasteiger partial charge in [-0.25, -0.2) is 4.98 Å². The molecule has 0 radical (unpaired) electrons. The van der Waals surface area contributed by atoms with Gasteiger partial charge in [0.2, 0.25) is 0 Å². The van der Waals surface area contributed by atoms with Crippen LogP contribution in [0.3, 0.4) is 0 Å². The molecule has 0 bridgehead atoms. The van der Waals surface area contributed by atoms with E-state index in [0.29, 0.717) is 6.04 Å². The molecule has 90 valence electrons. The van der Waals surface area contributed by atoms with Crippen molar-refractivity contribution in [1.29, 1.82) is 0 Å². The first-order valence-corrected chi connectivity index (χ1v) is 7.23. The molecule has 0 saturated heterocycles. The Hall–Kier alpha value is -0.800. The van der Waals surface area contributed by atoms with E-state index in [2.05, 4.69) is 17.2 Å². The summed E-state index contributed by atoms with van der Waals surface area (Å²) in [5.41, 5.74) is 0.989. The van der Waals surface area contributed by atoms with Gasteiger partial charge in [0.1, 0.15) is 0 Å². The van der Waals surface area contributed by atoms with Crippen molar-refractivity contribution in [2.45, 2.75) is 32.2 Å². The van der Waals surface area contributed by atoms with Crippen LogP contribution in [0.5, 0.6) is 0 Å². The molecule has 1 aromatic heterocycles. The zero-order valence-electron chi connectivity index (χ0n) is 9.74. The number of hydrogen-bond donors (Lipinski definition) is 1. The second kappa shape index (κ2) is 4.46. The van der Waals surface area contributed by atoms with Crippen LogP contribution < -0.4 is 5.32 Å². The molecule has 4 heteroatoms. The summed E-state index contributed by atoms with van der Waals surface area (Å²) in [6.45, 7) is 2.23. The number of anilines is 1. The topological polar surface area (TPSA) is 24.9 Å². The van der Waals surface area contributed by atoms with Gasteiger partial charge in [0.15, 0.2) is 5.13 Å². The van der Waals surface area contributed by atoms with Crippen LogP contribution in [0.4, 0.5) is 5.13 Å². The molecule has 1 aromatic carbocycles. The molecule has 1 atom stereocenters. The van der Waals surface area contributed by atoms with Crippen LogP contribution in [-0.2, 0) is 0 Å². The normalized spacial score (nSPS) is 17.3. The van der Waals surface area contributed by atoms with Crippen LogP contribution in [0, 0.1) is 5.92 Å². The van der Waals surface area contributed by atoms with Gasteiger partial charge in [-0.3, -0.25) is 0 Å². The Kier molecular flexibility index (Phi) is 2.97. The third kappa shape index (κ3) is 2.55. The van der Waals surface area contributed by atoms with Gasteiger partial charge in [0.05, 0.1) is 15.2 Å². The summed E-state index contributed by atoms with van der Waals surface area (Å²) in [6, 6.07) is 6.37. The number of nitrogens with zero attached hydrogens (tertiary/aromatic N) is 1. The third-order valence-corrected chi connectivity index (χ3v) is 4.58. The lowest BCUT2D eigenvalue weighted by atomic mass is 10.2. The molecule has 3 rings (SSSR count). The number of rotatable bonds is 4. The molecular weight excluding hydrogens is 252 g/mol. The van der Waals surface area contributed by atoms with Crippen molar-refractivity contribution in [3.63, 3.8) is 0 Å². The van der Waals surface area contributed by atoms with E-state index in [9.17, 15) is 0 Å². The van der Waals surface area contributed by atoms with Crippen molar-refractivity contribution in [3.8, 4) is 0 Å². The highest BCUT2D eigenvalue weighted by atomic mass is 35.5. The average Bonchev–Trinajstić information content (AvgIpc) is 2.97. The SMILES string of the molecule is CC(CC1CC1)Nc1nc2cccc(Cl)c2s1. The number of benzene rings is 1. The fourth-order valence-corrected chi connectivity index (χ4v) is 3.37. The van der Waals surface area contributed by atoms with Gasteiger partial charge >= 0.3 is 0 Å². The molecular formula is C13H15ClN2S. The van der Waals surface area contributed by atoms with E-state index in [1.54, 1.807) is 11.3 Å². The van der Waals surface area contributed by atoms with Crippen molar-refractivity contribution in [2.75, 3.05) is 5.32 Å². The van der Waals surface area contributed by atoms with Crippen LogP contribution in [0.25, 0.3) is 10.2 Å². The molecule has 1 N–H and O–H groups in total. The molecule has 1 heterocycles. The molecule has 0 amide bonds. The molecule has 1 unspecified atom stereocenters. The lowest BCUT2D eigenvalue weighted by molar-refractivity contribution is 0.642. The van der Waals surface area contributed by atoms with Crippen molar-refractivity contribution in [3.05, 3.63) is 23.2 Å². The monoisotopic (exact) mass is 266 g/mol. The largest absolute Gasteiger partial charge is 0.359 e. The Balaban J connectivity index is 1.78. The van der Waals surface area contributed by atoms with E-state index in [-0.39, 0.29) is 0 Å². The standard InChI is InChI=1S/C13H15ClN2S/c1-8(7-9-5-6-9)15-13-16-11-4-2-3-10(14)12(11)17-13/h2-4,8-9H,5-7H2,1H3,(H,15,16). The first-order valence-electron chi connectivity index (χ1n) is 6.04. The van der Waals surface area contributed by atoms with Crippen LogP contribution in [-0.4, -0.2) is 11.0 Å². The molecule has 0 aliphatic heterocycles. The summed E-state index contributed by atoms with van der Waals surface area (Å²) in [7, 11) is 0. The highest BCUT2D eigenvalue weighted by molar-refractivity contribution is 7.22. The predicted octanol–water partition coefficient (Wildman–Crippen LogP) is 4.55. The van der Waals surface area contributed by atoms with Gasteiger partial charge in [-0.1, -0.05) is 41.8 Å². The molecule has 2 nitrogen and oxygen atoms in total. The van der Waals surface area contributed by atoms with E-state index < -0.39 is 0 Å². The summed E-state index contributed by atoms with van der Waals surface area (Å²) < 4.78 is 1.08. The van der Waals surface area contributed by atoms with E-state index in [1.807, 2.05) is 18.2 Å². The summed E-state index contributed by atoms with van der Waals surface area (Å²) in [5.74, 6) is 0.940. The minimum absolute atomic E-state index is 0.502. The average molecular weight is 267 g/mol. The van der Waals surface area contributed by atoms with Crippen molar-refractivity contribution in [2.24, 2.45) is 5.92 Å². The Labute approximate surface area is 110 Å². The lowest BCUT2D eigenvalue weighted by Gasteiger charge is -2.11. The number of nitrogens with one attached hydrogen (secondary N) is 1. The minimum atomic E-state index is 0.502. The smallest absolute Gasteiger partial charge is 0.184 e. The molecule has 1 aliphatic carbocycles. The van der Waals surface area contributed by atoms with E-state index in [4.69, 9.17) is 11.6 Å². The van der Waals surface area contributed by atoms with Crippen molar-refractivity contribution in [1.82, 2.24) is 4.98 Å². The molecule has 1 saturated carbocycles. The highest BCUT2D eigenvalue weighted by Gasteiger charge is 2.23. The van der Waals surface area contributed by atoms with Crippen molar-refractivity contribution < 1.29 is 0 Å². The number of aromatic nitrogens is 1. The van der Waals surface area contributed by atoms with Gasteiger partial charge in [-0.2, -0.15) is 0 Å².